The number of ether oxygens (including phenoxy) is 1. The molecule has 90 valence electrons. The highest BCUT2D eigenvalue weighted by Crippen LogP contribution is 2.58. The Kier molecular flexibility index (Phi) is 2.32. The van der Waals surface area contributed by atoms with Gasteiger partial charge in [0.15, 0.2) is 0 Å². The van der Waals surface area contributed by atoms with Crippen LogP contribution in [0.25, 0.3) is 0 Å². The minimum absolute atomic E-state index is 0.696. The fraction of sp³-hybridized carbons (Fsp3) is 1.00. The van der Waals surface area contributed by atoms with E-state index in [1.54, 1.807) is 25.7 Å². The van der Waals surface area contributed by atoms with E-state index in [9.17, 15) is 0 Å². The molecule has 4 fully saturated rings. The van der Waals surface area contributed by atoms with Crippen LogP contribution in [0.1, 0.15) is 51.4 Å². The van der Waals surface area contributed by atoms with Crippen molar-refractivity contribution >= 4 is 0 Å². The number of epoxide rings is 1. The Balaban J connectivity index is 1.48. The lowest BCUT2D eigenvalue weighted by atomic mass is 9.69. The molecule has 0 aromatic heterocycles. The third-order valence-electron chi connectivity index (χ3n) is 6.01. The summed E-state index contributed by atoms with van der Waals surface area (Å²) in [6.07, 6.45) is 13.0. The summed E-state index contributed by atoms with van der Waals surface area (Å²) in [6, 6.07) is 0. The molecule has 0 radical (unpaired) electrons. The molecule has 1 heteroatoms. The van der Waals surface area contributed by atoms with Crippen LogP contribution < -0.4 is 0 Å². The van der Waals surface area contributed by atoms with Gasteiger partial charge in [-0.15, -0.1) is 0 Å². The maximum absolute atomic E-state index is 5.58. The number of hydrogen-bond donors (Lipinski definition) is 0. The molecular formula is C15H24O. The molecule has 0 aromatic rings. The van der Waals surface area contributed by atoms with Crippen molar-refractivity contribution in [3.05, 3.63) is 0 Å². The lowest BCUT2D eigenvalue weighted by Crippen LogP contribution is -2.30. The van der Waals surface area contributed by atoms with Crippen LogP contribution in [-0.2, 0) is 4.74 Å². The zero-order chi connectivity index (χ0) is 10.5. The monoisotopic (exact) mass is 220 g/mol. The SMILES string of the molecule is C1CCC(C2CC3CC(C4CO4)C2C3)CC1. The van der Waals surface area contributed by atoms with Crippen molar-refractivity contribution in [3.63, 3.8) is 0 Å². The van der Waals surface area contributed by atoms with Gasteiger partial charge in [-0.3, -0.25) is 0 Å². The number of rotatable bonds is 2. The second-order valence-corrected chi connectivity index (χ2v) is 6.83. The highest BCUT2D eigenvalue weighted by Gasteiger charge is 2.53. The molecule has 5 unspecified atom stereocenters. The van der Waals surface area contributed by atoms with Crippen molar-refractivity contribution in [3.8, 4) is 0 Å². The smallest absolute Gasteiger partial charge is 0.0840 e. The molecule has 0 aromatic carbocycles. The van der Waals surface area contributed by atoms with E-state index < -0.39 is 0 Å². The van der Waals surface area contributed by atoms with E-state index in [-0.39, 0.29) is 0 Å². The Morgan fingerprint density at radius 3 is 2.12 bits per heavy atom. The quantitative estimate of drug-likeness (QED) is 0.647. The summed E-state index contributed by atoms with van der Waals surface area (Å²) in [5, 5.41) is 0. The molecule has 1 aliphatic heterocycles. The minimum atomic E-state index is 0.696. The average Bonchev–Trinajstić information content (AvgIpc) is 3.00. The summed E-state index contributed by atoms with van der Waals surface area (Å²) >= 11 is 0. The Hall–Kier alpha value is -0.0400. The van der Waals surface area contributed by atoms with Gasteiger partial charge >= 0.3 is 0 Å². The first-order chi connectivity index (χ1) is 7.92. The summed E-state index contributed by atoms with van der Waals surface area (Å²) in [4.78, 5) is 0. The van der Waals surface area contributed by atoms with Gasteiger partial charge in [0.05, 0.1) is 12.7 Å². The standard InChI is InChI=1S/C15H24O/c1-2-4-11(5-3-1)12-6-10-7-13(12)14(8-10)15-9-16-15/h10-15H,1-9H2. The largest absolute Gasteiger partial charge is 0.373 e. The first-order valence-corrected chi connectivity index (χ1v) is 7.53. The Morgan fingerprint density at radius 2 is 1.44 bits per heavy atom. The molecule has 16 heavy (non-hydrogen) atoms. The van der Waals surface area contributed by atoms with E-state index in [0.717, 1.165) is 36.2 Å². The molecule has 1 nitrogen and oxygen atoms in total. The molecule has 5 atom stereocenters. The topological polar surface area (TPSA) is 12.5 Å². The van der Waals surface area contributed by atoms with Gasteiger partial charge in [-0.25, -0.2) is 0 Å². The molecule has 0 N–H and O–H groups in total. The number of hydrogen-bond acceptors (Lipinski definition) is 1. The van der Waals surface area contributed by atoms with E-state index in [0.29, 0.717) is 6.10 Å². The fourth-order valence-corrected chi connectivity index (χ4v) is 5.29. The maximum atomic E-state index is 5.58. The Morgan fingerprint density at radius 1 is 0.750 bits per heavy atom. The molecule has 4 aliphatic rings. The van der Waals surface area contributed by atoms with Crippen LogP contribution in [0.15, 0.2) is 0 Å². The summed E-state index contributed by atoms with van der Waals surface area (Å²) in [7, 11) is 0. The third kappa shape index (κ3) is 1.54. The molecule has 1 saturated heterocycles. The van der Waals surface area contributed by atoms with Crippen molar-refractivity contribution in [2.45, 2.75) is 57.5 Å². The van der Waals surface area contributed by atoms with Gasteiger partial charge in [0, 0.05) is 0 Å². The molecule has 0 amide bonds. The van der Waals surface area contributed by atoms with Crippen molar-refractivity contribution in [2.24, 2.45) is 29.6 Å². The second-order valence-electron chi connectivity index (χ2n) is 6.83. The maximum Gasteiger partial charge on any atom is 0.0840 e. The molecule has 3 aliphatic carbocycles. The van der Waals surface area contributed by atoms with Crippen LogP contribution in [0, 0.1) is 29.6 Å². The lowest BCUT2D eigenvalue weighted by molar-refractivity contribution is 0.120. The Labute approximate surface area is 98.9 Å². The van der Waals surface area contributed by atoms with Crippen LogP contribution in [0.4, 0.5) is 0 Å². The van der Waals surface area contributed by atoms with Crippen LogP contribution in [0.2, 0.25) is 0 Å². The van der Waals surface area contributed by atoms with Gasteiger partial charge in [-0.1, -0.05) is 32.1 Å². The predicted octanol–water partition coefficient (Wildman–Crippen LogP) is 3.63. The van der Waals surface area contributed by atoms with Crippen molar-refractivity contribution in [1.82, 2.24) is 0 Å². The van der Waals surface area contributed by atoms with Gasteiger partial charge in [-0.2, -0.15) is 0 Å². The van der Waals surface area contributed by atoms with Crippen LogP contribution in [-0.4, -0.2) is 12.7 Å². The zero-order valence-electron chi connectivity index (χ0n) is 10.2. The molecule has 0 spiro atoms. The lowest BCUT2D eigenvalue weighted by Gasteiger charge is -2.36. The average molecular weight is 220 g/mol. The van der Waals surface area contributed by atoms with Gasteiger partial charge < -0.3 is 4.74 Å². The number of fused-ring (bicyclic) bond motifs is 2. The van der Waals surface area contributed by atoms with E-state index in [1.807, 2.05) is 0 Å². The van der Waals surface area contributed by atoms with Crippen LogP contribution in [0.5, 0.6) is 0 Å². The Bertz CT molecular complexity index is 265. The first kappa shape index (κ1) is 9.94. The molecule has 3 saturated carbocycles. The first-order valence-electron chi connectivity index (χ1n) is 7.53. The summed E-state index contributed by atoms with van der Waals surface area (Å²) in [6.45, 7) is 1.09. The van der Waals surface area contributed by atoms with Crippen LogP contribution in [0.3, 0.4) is 0 Å². The highest BCUT2D eigenvalue weighted by molar-refractivity contribution is 5.02. The van der Waals surface area contributed by atoms with E-state index in [2.05, 4.69) is 0 Å². The third-order valence-corrected chi connectivity index (χ3v) is 6.01. The normalized spacial score (nSPS) is 52.1. The molecule has 2 bridgehead atoms. The molecule has 1 heterocycles. The predicted molar refractivity (Wildman–Crippen MR) is 64.1 cm³/mol. The highest BCUT2D eigenvalue weighted by atomic mass is 16.6. The van der Waals surface area contributed by atoms with E-state index >= 15 is 0 Å². The summed E-state index contributed by atoms with van der Waals surface area (Å²) in [5.74, 6) is 5.34. The summed E-state index contributed by atoms with van der Waals surface area (Å²) in [5.41, 5.74) is 0. The molecular weight excluding hydrogens is 196 g/mol. The van der Waals surface area contributed by atoms with Crippen molar-refractivity contribution in [1.29, 1.82) is 0 Å². The molecule has 4 rings (SSSR count). The van der Waals surface area contributed by atoms with Gasteiger partial charge in [-0.05, 0) is 48.9 Å². The fourth-order valence-electron chi connectivity index (χ4n) is 5.29. The van der Waals surface area contributed by atoms with Gasteiger partial charge in [0.25, 0.3) is 0 Å². The van der Waals surface area contributed by atoms with Gasteiger partial charge in [0.2, 0.25) is 0 Å². The van der Waals surface area contributed by atoms with E-state index in [4.69, 9.17) is 4.74 Å². The van der Waals surface area contributed by atoms with Gasteiger partial charge in [0.1, 0.15) is 0 Å². The van der Waals surface area contributed by atoms with Crippen molar-refractivity contribution < 1.29 is 4.74 Å². The van der Waals surface area contributed by atoms with Crippen molar-refractivity contribution in [2.75, 3.05) is 6.61 Å². The summed E-state index contributed by atoms with van der Waals surface area (Å²) < 4.78 is 5.58. The minimum Gasteiger partial charge on any atom is -0.373 e. The second kappa shape index (κ2) is 3.73. The zero-order valence-corrected chi connectivity index (χ0v) is 10.2. The van der Waals surface area contributed by atoms with E-state index in [1.165, 1.54) is 25.7 Å². The van der Waals surface area contributed by atoms with Crippen LogP contribution >= 0.6 is 0 Å².